The number of nitrogens with one attached hydrogen (secondary N) is 1. The van der Waals surface area contributed by atoms with Crippen molar-refractivity contribution in [3.63, 3.8) is 0 Å². The molecule has 0 fully saturated rings. The highest BCUT2D eigenvalue weighted by Gasteiger charge is 2.23. The molecule has 0 aliphatic heterocycles. The first-order valence-corrected chi connectivity index (χ1v) is 18.2. The first kappa shape index (κ1) is 38.9. The number of aromatic hydroxyl groups is 2. The van der Waals surface area contributed by atoms with Gasteiger partial charge in [-0.2, -0.15) is 20.8 Å². The van der Waals surface area contributed by atoms with Gasteiger partial charge in [0.05, 0.1) is 16.3 Å². The van der Waals surface area contributed by atoms with Crippen LogP contribution in [0.4, 0.5) is 22.7 Å². The number of nitrogens with zero attached hydrogens (tertiary/aromatic N) is 8. The quantitative estimate of drug-likeness (QED) is 0.125. The summed E-state index contributed by atoms with van der Waals surface area (Å²) in [6, 6.07) is 11.2. The normalized spacial score (nSPS) is 12.3. The molecule has 4 rings (SSSR count). The van der Waals surface area contributed by atoms with Gasteiger partial charge in [-0.3, -0.25) is 22.9 Å². The Morgan fingerprint density at radius 2 is 1.27 bits per heavy atom. The van der Waals surface area contributed by atoms with Crippen molar-refractivity contribution in [3.8, 4) is 35.0 Å². The second kappa shape index (κ2) is 16.0. The summed E-state index contributed by atoms with van der Waals surface area (Å²) in [5.41, 5.74) is -2.31. The maximum atomic E-state index is 13.6. The fraction of sp³-hybridized carbons (Fsp3) is 0.273. The molecule has 2 aromatic heterocycles. The van der Waals surface area contributed by atoms with Gasteiger partial charge in [-0.1, -0.05) is 19.1 Å². The summed E-state index contributed by atoms with van der Waals surface area (Å²) in [5, 5.41) is 55.7. The van der Waals surface area contributed by atoms with E-state index in [0.717, 1.165) is 21.3 Å². The van der Waals surface area contributed by atoms with E-state index in [1.165, 1.54) is 38.1 Å². The number of rotatable bonds is 12. The van der Waals surface area contributed by atoms with Crippen LogP contribution in [0.1, 0.15) is 49.4 Å². The largest absolute Gasteiger partial charge is 0.768 e. The van der Waals surface area contributed by atoms with E-state index in [9.17, 15) is 47.5 Å². The number of hydrogen-bond acceptors (Lipinski definition) is 14. The van der Waals surface area contributed by atoms with Crippen molar-refractivity contribution in [2.24, 2.45) is 20.5 Å². The standard InChI is InChI=1S/C33H33N9O8S2/c1-6-13-36-52(49,50)27-15-21(38-40-29-19(5)25(17-35)31(44)42(8-3)33(29)46)10-12-23(27)22-11-9-20(14-26(22)51(47)48)37-39-28-18(4)24(16-34)30(43)41(7-2)32(28)45/h9-12,14-15,36,43-44H,6-8,13H2,1-5H3,(H,47,48)/p-1. The Morgan fingerprint density at radius 3 is 1.69 bits per heavy atom. The summed E-state index contributed by atoms with van der Waals surface area (Å²) in [5.74, 6) is -1.04. The fourth-order valence-corrected chi connectivity index (χ4v) is 7.13. The predicted molar refractivity (Wildman–Crippen MR) is 188 cm³/mol. The Balaban J connectivity index is 1.88. The highest BCUT2D eigenvalue weighted by molar-refractivity contribution is 7.89. The minimum Gasteiger partial charge on any atom is -0.768 e. The van der Waals surface area contributed by atoms with Crippen LogP contribution in [0.2, 0.25) is 0 Å². The molecule has 1 unspecified atom stereocenters. The third kappa shape index (κ3) is 7.43. The number of nitriles is 2. The molecule has 0 spiro atoms. The lowest BCUT2D eigenvalue weighted by Gasteiger charge is -2.17. The Labute approximate surface area is 300 Å². The van der Waals surface area contributed by atoms with Gasteiger partial charge in [0.15, 0.2) is 11.4 Å². The molecule has 52 heavy (non-hydrogen) atoms. The molecule has 4 aromatic rings. The van der Waals surface area contributed by atoms with E-state index in [1.807, 2.05) is 12.1 Å². The number of sulfonamides is 1. The monoisotopic (exact) mass is 746 g/mol. The van der Waals surface area contributed by atoms with Crippen molar-refractivity contribution in [1.82, 2.24) is 13.9 Å². The topological polar surface area (TPSA) is 268 Å². The zero-order valence-electron chi connectivity index (χ0n) is 28.5. The van der Waals surface area contributed by atoms with E-state index in [0.29, 0.717) is 6.42 Å². The summed E-state index contributed by atoms with van der Waals surface area (Å²) in [6.07, 6.45) is 0.439. The lowest BCUT2D eigenvalue weighted by molar-refractivity contribution is 0.408. The van der Waals surface area contributed by atoms with Gasteiger partial charge in [0, 0.05) is 41.2 Å². The van der Waals surface area contributed by atoms with E-state index < -0.39 is 44.0 Å². The summed E-state index contributed by atoms with van der Waals surface area (Å²) in [4.78, 5) is 25.2. The number of aromatic nitrogens is 2. The maximum Gasteiger partial charge on any atom is 0.281 e. The zero-order chi connectivity index (χ0) is 38.5. The molecule has 270 valence electrons. The number of benzene rings is 2. The molecular weight excluding hydrogens is 715 g/mol. The van der Waals surface area contributed by atoms with Crippen molar-refractivity contribution in [2.45, 2.75) is 63.9 Å². The third-order valence-corrected chi connectivity index (χ3v) is 10.1. The summed E-state index contributed by atoms with van der Waals surface area (Å²) in [6.45, 7) is 7.85. The van der Waals surface area contributed by atoms with Crippen LogP contribution in [0.3, 0.4) is 0 Å². The SMILES string of the molecule is CCCNS(=O)(=O)c1cc(N=Nc2c(C)c(C#N)c(O)n(CC)c2=O)ccc1-c1ccc(N=Nc2c(C)c(C#N)c(O)n(CC)c2=O)cc1S(=O)[O-]. The van der Waals surface area contributed by atoms with Gasteiger partial charge in [0.2, 0.25) is 21.8 Å². The average molecular weight is 747 g/mol. The van der Waals surface area contributed by atoms with Crippen LogP contribution in [-0.2, 0) is 34.2 Å². The summed E-state index contributed by atoms with van der Waals surface area (Å²) in [7, 11) is -4.30. The number of pyridine rings is 2. The molecule has 0 saturated heterocycles. The molecule has 17 nitrogen and oxygen atoms in total. The van der Waals surface area contributed by atoms with Crippen molar-refractivity contribution >= 4 is 43.9 Å². The number of hydrogen-bond donors (Lipinski definition) is 3. The predicted octanol–water partition coefficient (Wildman–Crippen LogP) is 5.25. The molecular formula is C33H32N9O8S2-. The molecule has 2 aromatic carbocycles. The van der Waals surface area contributed by atoms with Crippen LogP contribution < -0.4 is 15.8 Å². The lowest BCUT2D eigenvalue weighted by Crippen LogP contribution is -2.25. The lowest BCUT2D eigenvalue weighted by atomic mass is 10.0. The molecule has 0 radical (unpaired) electrons. The molecule has 0 aliphatic rings. The molecule has 1 atom stereocenters. The van der Waals surface area contributed by atoms with E-state index in [1.54, 1.807) is 20.8 Å². The second-order valence-electron chi connectivity index (χ2n) is 11.1. The van der Waals surface area contributed by atoms with Gasteiger partial charge in [-0.05, 0) is 75.0 Å². The molecule has 0 amide bonds. The van der Waals surface area contributed by atoms with E-state index in [-0.39, 0.29) is 85.6 Å². The van der Waals surface area contributed by atoms with Crippen molar-refractivity contribution < 1.29 is 27.4 Å². The van der Waals surface area contributed by atoms with Crippen molar-refractivity contribution in [2.75, 3.05) is 6.54 Å². The number of azo groups is 2. The fourth-order valence-electron chi connectivity index (χ4n) is 5.18. The van der Waals surface area contributed by atoms with Crippen molar-refractivity contribution in [3.05, 3.63) is 79.4 Å². The smallest absolute Gasteiger partial charge is 0.281 e. The van der Waals surface area contributed by atoms with Crippen LogP contribution in [0.5, 0.6) is 11.8 Å². The van der Waals surface area contributed by atoms with Crippen LogP contribution in [0.15, 0.2) is 76.2 Å². The summed E-state index contributed by atoms with van der Waals surface area (Å²) >= 11 is -2.94. The molecule has 3 N–H and O–H groups in total. The first-order chi connectivity index (χ1) is 24.7. The zero-order valence-corrected chi connectivity index (χ0v) is 30.2. The second-order valence-corrected chi connectivity index (χ2v) is 13.7. The molecule has 2 heterocycles. The Hall–Kier alpha value is -5.86. The van der Waals surface area contributed by atoms with Crippen LogP contribution in [0, 0.1) is 36.5 Å². The third-order valence-electron chi connectivity index (χ3n) is 7.93. The molecule has 0 aliphatic carbocycles. The highest BCUT2D eigenvalue weighted by Crippen LogP contribution is 2.37. The maximum absolute atomic E-state index is 13.6. The van der Waals surface area contributed by atoms with E-state index in [4.69, 9.17) is 0 Å². The first-order valence-electron chi connectivity index (χ1n) is 15.6. The molecule has 0 bridgehead atoms. The van der Waals surface area contributed by atoms with Gasteiger partial charge in [-0.25, -0.2) is 13.1 Å². The van der Waals surface area contributed by atoms with Gasteiger partial charge in [0.25, 0.3) is 11.1 Å². The van der Waals surface area contributed by atoms with Crippen LogP contribution in [-0.4, -0.2) is 43.1 Å². The Bertz CT molecular complexity index is 2490. The molecule has 19 heteroatoms. The minimum atomic E-state index is -4.30. The molecule has 0 saturated carbocycles. The van der Waals surface area contributed by atoms with E-state index in [2.05, 4.69) is 25.2 Å². The van der Waals surface area contributed by atoms with Gasteiger partial charge in [-0.15, -0.1) is 10.2 Å². The van der Waals surface area contributed by atoms with Crippen molar-refractivity contribution in [1.29, 1.82) is 10.5 Å². The van der Waals surface area contributed by atoms with Crippen LogP contribution in [0.25, 0.3) is 11.1 Å². The van der Waals surface area contributed by atoms with Crippen LogP contribution >= 0.6 is 0 Å². The Morgan fingerprint density at radius 1 is 0.808 bits per heavy atom. The average Bonchev–Trinajstić information content (AvgIpc) is 3.11. The summed E-state index contributed by atoms with van der Waals surface area (Å²) < 4.78 is 56.5. The van der Waals surface area contributed by atoms with Gasteiger partial charge < -0.3 is 14.8 Å². The highest BCUT2D eigenvalue weighted by atomic mass is 32.2. The van der Waals surface area contributed by atoms with E-state index >= 15 is 0 Å². The Kier molecular flexibility index (Phi) is 12.0. The van der Waals surface area contributed by atoms with Gasteiger partial charge >= 0.3 is 0 Å². The minimum absolute atomic E-state index is 0.0308. The van der Waals surface area contributed by atoms with Gasteiger partial charge in [0.1, 0.15) is 23.3 Å².